The minimum atomic E-state index is 0.0229. The molecule has 5 rings (SSSR count). The number of hydrogen-bond donors (Lipinski definition) is 0. The third kappa shape index (κ3) is 4.02. The second kappa shape index (κ2) is 9.62. The SMILES string of the molecule is CCCc1c(Cc2ccc(-c3ccccc3C#N)cc2)c(=O)n(C2CCOCC2)c2ncnn12. The van der Waals surface area contributed by atoms with Crippen molar-refractivity contribution in [3.05, 3.63) is 87.6 Å². The van der Waals surface area contributed by atoms with Gasteiger partial charge in [-0.05, 0) is 42.0 Å². The maximum Gasteiger partial charge on any atom is 0.259 e. The predicted octanol–water partition coefficient (Wildman–Crippen LogP) is 4.32. The summed E-state index contributed by atoms with van der Waals surface area (Å²) in [4.78, 5) is 18.3. The van der Waals surface area contributed by atoms with Crippen LogP contribution in [0, 0.1) is 11.3 Å². The van der Waals surface area contributed by atoms with Gasteiger partial charge in [0.05, 0.1) is 17.3 Å². The molecule has 34 heavy (non-hydrogen) atoms. The number of aromatic nitrogens is 4. The fourth-order valence-electron chi connectivity index (χ4n) is 4.86. The van der Waals surface area contributed by atoms with Crippen LogP contribution in [-0.4, -0.2) is 32.4 Å². The zero-order chi connectivity index (χ0) is 23.5. The highest BCUT2D eigenvalue weighted by Gasteiger charge is 2.25. The van der Waals surface area contributed by atoms with Gasteiger partial charge < -0.3 is 4.74 Å². The van der Waals surface area contributed by atoms with Gasteiger partial charge in [0.1, 0.15) is 6.33 Å². The summed E-state index contributed by atoms with van der Waals surface area (Å²) in [5.41, 5.74) is 5.32. The Balaban J connectivity index is 1.57. The van der Waals surface area contributed by atoms with Crippen LogP contribution >= 0.6 is 0 Å². The van der Waals surface area contributed by atoms with Gasteiger partial charge in [0.2, 0.25) is 5.78 Å². The first kappa shape index (κ1) is 22.1. The van der Waals surface area contributed by atoms with Crippen LogP contribution in [0.2, 0.25) is 0 Å². The average Bonchev–Trinajstić information content (AvgIpc) is 3.36. The third-order valence-corrected chi connectivity index (χ3v) is 6.56. The molecule has 0 radical (unpaired) electrons. The molecule has 1 saturated heterocycles. The molecule has 0 bridgehead atoms. The van der Waals surface area contributed by atoms with Gasteiger partial charge in [0.25, 0.3) is 5.56 Å². The summed E-state index contributed by atoms with van der Waals surface area (Å²) in [6.45, 7) is 3.40. The molecule has 2 aromatic carbocycles. The van der Waals surface area contributed by atoms with Crippen molar-refractivity contribution in [2.45, 2.75) is 45.1 Å². The fraction of sp³-hybridized carbons (Fsp3) is 0.333. The maximum atomic E-state index is 13.9. The molecule has 7 nitrogen and oxygen atoms in total. The Morgan fingerprint density at radius 3 is 2.62 bits per heavy atom. The number of rotatable bonds is 6. The van der Waals surface area contributed by atoms with Gasteiger partial charge in [-0.3, -0.25) is 9.36 Å². The zero-order valence-electron chi connectivity index (χ0n) is 19.3. The second-order valence-corrected chi connectivity index (χ2v) is 8.70. The highest BCUT2D eigenvalue weighted by molar-refractivity contribution is 5.70. The van der Waals surface area contributed by atoms with Crippen LogP contribution in [-0.2, 0) is 17.6 Å². The summed E-state index contributed by atoms with van der Waals surface area (Å²) in [5.74, 6) is 0.618. The van der Waals surface area contributed by atoms with Crippen molar-refractivity contribution in [1.82, 2.24) is 19.2 Å². The van der Waals surface area contributed by atoms with E-state index in [4.69, 9.17) is 4.74 Å². The molecular weight excluding hydrogens is 426 g/mol. The van der Waals surface area contributed by atoms with Gasteiger partial charge in [0, 0.05) is 31.2 Å². The smallest absolute Gasteiger partial charge is 0.259 e. The van der Waals surface area contributed by atoms with Crippen molar-refractivity contribution in [1.29, 1.82) is 5.26 Å². The van der Waals surface area contributed by atoms with E-state index >= 15 is 0 Å². The molecule has 0 saturated carbocycles. The van der Waals surface area contributed by atoms with Gasteiger partial charge in [-0.1, -0.05) is 55.8 Å². The molecule has 0 amide bonds. The van der Waals surface area contributed by atoms with Crippen molar-refractivity contribution in [3.8, 4) is 17.2 Å². The number of aryl methyl sites for hydroxylation is 1. The number of nitrogens with zero attached hydrogens (tertiary/aromatic N) is 5. The van der Waals surface area contributed by atoms with Crippen molar-refractivity contribution in [2.75, 3.05) is 13.2 Å². The quantitative estimate of drug-likeness (QED) is 0.434. The van der Waals surface area contributed by atoms with Gasteiger partial charge in [-0.2, -0.15) is 15.3 Å². The van der Waals surface area contributed by atoms with E-state index in [1.165, 1.54) is 6.33 Å². The number of nitriles is 1. The van der Waals surface area contributed by atoms with Gasteiger partial charge in [-0.25, -0.2) is 4.52 Å². The molecule has 2 aromatic heterocycles. The average molecular weight is 454 g/mol. The lowest BCUT2D eigenvalue weighted by molar-refractivity contribution is 0.0693. The van der Waals surface area contributed by atoms with E-state index in [1.54, 1.807) is 0 Å². The molecule has 1 fully saturated rings. The lowest BCUT2D eigenvalue weighted by Gasteiger charge is -2.26. The minimum absolute atomic E-state index is 0.0229. The third-order valence-electron chi connectivity index (χ3n) is 6.56. The van der Waals surface area contributed by atoms with E-state index in [-0.39, 0.29) is 11.6 Å². The van der Waals surface area contributed by atoms with Gasteiger partial charge >= 0.3 is 0 Å². The molecule has 0 N–H and O–H groups in total. The molecule has 1 aliphatic heterocycles. The summed E-state index contributed by atoms with van der Waals surface area (Å²) in [5, 5.41) is 13.9. The summed E-state index contributed by atoms with van der Waals surface area (Å²) in [7, 11) is 0. The lowest BCUT2D eigenvalue weighted by Crippen LogP contribution is -2.34. The zero-order valence-corrected chi connectivity index (χ0v) is 19.3. The van der Waals surface area contributed by atoms with Crippen LogP contribution in [0.5, 0.6) is 0 Å². The summed E-state index contributed by atoms with van der Waals surface area (Å²) < 4.78 is 9.22. The first-order valence-corrected chi connectivity index (χ1v) is 11.8. The molecule has 7 heteroatoms. The van der Waals surface area contributed by atoms with E-state index in [1.807, 2.05) is 57.6 Å². The first-order chi connectivity index (χ1) is 16.7. The summed E-state index contributed by atoms with van der Waals surface area (Å²) in [6, 6.07) is 18.1. The van der Waals surface area contributed by atoms with Crippen molar-refractivity contribution >= 4 is 5.78 Å². The number of hydrogen-bond acceptors (Lipinski definition) is 5. The van der Waals surface area contributed by atoms with E-state index in [0.29, 0.717) is 31.0 Å². The lowest BCUT2D eigenvalue weighted by atomic mass is 9.97. The highest BCUT2D eigenvalue weighted by Crippen LogP contribution is 2.26. The highest BCUT2D eigenvalue weighted by atomic mass is 16.5. The maximum absolute atomic E-state index is 13.9. The number of benzene rings is 2. The molecule has 3 heterocycles. The van der Waals surface area contributed by atoms with Crippen LogP contribution in [0.25, 0.3) is 16.9 Å². The Hall–Kier alpha value is -3.76. The molecule has 0 unspecified atom stereocenters. The molecule has 1 aliphatic rings. The molecule has 0 aliphatic carbocycles. The Labute approximate surface area is 198 Å². The normalized spacial score (nSPS) is 14.4. The van der Waals surface area contributed by atoms with Crippen LogP contribution < -0.4 is 5.56 Å². The standard InChI is InChI=1S/C27H27N5O2/c1-2-5-25-24(16-19-8-10-20(11-9-19)23-7-4-3-6-21(23)17-28)26(33)31(22-12-14-34-15-13-22)27-29-18-30-32(25)27/h3-4,6-11,18,22H,2,5,12-16H2,1H3. The van der Waals surface area contributed by atoms with Crippen molar-refractivity contribution in [3.63, 3.8) is 0 Å². The largest absolute Gasteiger partial charge is 0.381 e. The van der Waals surface area contributed by atoms with E-state index in [0.717, 1.165) is 53.6 Å². The van der Waals surface area contributed by atoms with Crippen LogP contribution in [0.1, 0.15) is 54.6 Å². The van der Waals surface area contributed by atoms with Crippen LogP contribution in [0.3, 0.4) is 0 Å². The Morgan fingerprint density at radius 2 is 1.88 bits per heavy atom. The van der Waals surface area contributed by atoms with E-state index < -0.39 is 0 Å². The number of ether oxygens (including phenoxy) is 1. The molecule has 4 aromatic rings. The second-order valence-electron chi connectivity index (χ2n) is 8.70. The topological polar surface area (TPSA) is 85.2 Å². The monoisotopic (exact) mass is 453 g/mol. The van der Waals surface area contributed by atoms with Crippen LogP contribution in [0.4, 0.5) is 0 Å². The molecule has 172 valence electrons. The minimum Gasteiger partial charge on any atom is -0.381 e. The van der Waals surface area contributed by atoms with Crippen molar-refractivity contribution < 1.29 is 4.74 Å². The fourth-order valence-corrected chi connectivity index (χ4v) is 4.86. The summed E-state index contributed by atoms with van der Waals surface area (Å²) >= 11 is 0. The summed E-state index contributed by atoms with van der Waals surface area (Å²) in [6.07, 6.45) is 5.31. The number of fused-ring (bicyclic) bond motifs is 1. The van der Waals surface area contributed by atoms with Crippen molar-refractivity contribution in [2.24, 2.45) is 0 Å². The molecule has 0 spiro atoms. The van der Waals surface area contributed by atoms with E-state index in [9.17, 15) is 10.1 Å². The molecule has 0 atom stereocenters. The van der Waals surface area contributed by atoms with Crippen LogP contribution in [0.15, 0.2) is 59.7 Å². The first-order valence-electron chi connectivity index (χ1n) is 11.8. The molecular formula is C27H27N5O2. The predicted molar refractivity (Wildman–Crippen MR) is 130 cm³/mol. The Kier molecular flexibility index (Phi) is 6.24. The Bertz CT molecular complexity index is 1410. The Morgan fingerprint density at radius 1 is 1.12 bits per heavy atom. The van der Waals surface area contributed by atoms with Gasteiger partial charge in [-0.15, -0.1) is 0 Å². The van der Waals surface area contributed by atoms with E-state index in [2.05, 4.69) is 23.1 Å². The van der Waals surface area contributed by atoms with Gasteiger partial charge in [0.15, 0.2) is 0 Å².